The van der Waals surface area contributed by atoms with Gasteiger partial charge in [-0.1, -0.05) is 6.42 Å². The maximum Gasteiger partial charge on any atom is 0.224 e. The molecular formula is C13H19ClN2O2. The van der Waals surface area contributed by atoms with Crippen LogP contribution in [0.2, 0.25) is 0 Å². The van der Waals surface area contributed by atoms with E-state index >= 15 is 0 Å². The Labute approximate surface area is 113 Å². The fraction of sp³-hybridized carbons (Fsp3) is 0.462. The first-order valence-corrected chi connectivity index (χ1v) is 5.99. The number of rotatable bonds is 3. The molecule has 2 rings (SSSR count). The van der Waals surface area contributed by atoms with Gasteiger partial charge in [-0.25, -0.2) is 0 Å². The molecule has 1 aromatic rings. The summed E-state index contributed by atoms with van der Waals surface area (Å²) in [5.41, 5.74) is 6.64. The lowest BCUT2D eigenvalue weighted by Gasteiger charge is -2.14. The summed E-state index contributed by atoms with van der Waals surface area (Å²) in [6.45, 7) is 0. The third-order valence-corrected chi connectivity index (χ3v) is 3.32. The summed E-state index contributed by atoms with van der Waals surface area (Å²) >= 11 is 0. The molecule has 1 saturated carbocycles. The summed E-state index contributed by atoms with van der Waals surface area (Å²) in [4.78, 5) is 11.8. The maximum absolute atomic E-state index is 11.8. The number of nitrogens with two attached hydrogens (primary N) is 1. The lowest BCUT2D eigenvalue weighted by Crippen LogP contribution is -2.28. The molecule has 18 heavy (non-hydrogen) atoms. The van der Waals surface area contributed by atoms with Crippen LogP contribution < -0.4 is 11.1 Å². The largest absolute Gasteiger partial charge is 0.508 e. The molecule has 0 radical (unpaired) electrons. The van der Waals surface area contributed by atoms with Crippen molar-refractivity contribution in [3.05, 3.63) is 24.3 Å². The Hall–Kier alpha value is -1.26. The van der Waals surface area contributed by atoms with Crippen LogP contribution in [0.3, 0.4) is 0 Å². The quantitative estimate of drug-likeness (QED) is 0.738. The van der Waals surface area contributed by atoms with E-state index in [0.717, 1.165) is 19.3 Å². The smallest absolute Gasteiger partial charge is 0.224 e. The van der Waals surface area contributed by atoms with E-state index in [2.05, 4.69) is 5.32 Å². The molecule has 4 nitrogen and oxygen atoms in total. The summed E-state index contributed by atoms with van der Waals surface area (Å²) in [6, 6.07) is 6.64. The summed E-state index contributed by atoms with van der Waals surface area (Å²) in [6.07, 6.45) is 3.68. The van der Waals surface area contributed by atoms with Crippen LogP contribution in [-0.4, -0.2) is 17.1 Å². The molecular weight excluding hydrogens is 252 g/mol. The number of anilines is 1. The summed E-state index contributed by atoms with van der Waals surface area (Å²) in [5, 5.41) is 11.9. The fourth-order valence-corrected chi connectivity index (χ4v) is 2.31. The normalized spacial score (nSPS) is 22.3. The number of carbonyl (C=O) groups is 1. The van der Waals surface area contributed by atoms with Crippen molar-refractivity contribution in [2.24, 2.45) is 11.7 Å². The zero-order valence-electron chi connectivity index (χ0n) is 10.1. The molecule has 0 aliphatic heterocycles. The first-order chi connectivity index (χ1) is 8.15. The predicted molar refractivity (Wildman–Crippen MR) is 73.9 cm³/mol. The van der Waals surface area contributed by atoms with Crippen molar-refractivity contribution >= 4 is 24.0 Å². The van der Waals surface area contributed by atoms with E-state index in [-0.39, 0.29) is 30.1 Å². The molecule has 5 heteroatoms. The summed E-state index contributed by atoms with van der Waals surface area (Å²) in [5.74, 6) is 0.506. The lowest BCUT2D eigenvalue weighted by atomic mass is 10.00. The number of halogens is 1. The summed E-state index contributed by atoms with van der Waals surface area (Å²) < 4.78 is 0. The Morgan fingerprint density at radius 1 is 1.33 bits per heavy atom. The van der Waals surface area contributed by atoms with Crippen LogP contribution in [0.1, 0.15) is 25.7 Å². The number of amides is 1. The SMILES string of the molecule is Cl.N[C@@H]1CCC[C@H]1CC(=O)Nc1ccc(O)cc1. The topological polar surface area (TPSA) is 75.4 Å². The van der Waals surface area contributed by atoms with E-state index in [9.17, 15) is 4.79 Å². The van der Waals surface area contributed by atoms with Gasteiger partial charge < -0.3 is 16.2 Å². The van der Waals surface area contributed by atoms with Crippen molar-refractivity contribution in [3.63, 3.8) is 0 Å². The van der Waals surface area contributed by atoms with Crippen molar-refractivity contribution in [3.8, 4) is 5.75 Å². The highest BCUT2D eigenvalue weighted by Gasteiger charge is 2.25. The maximum atomic E-state index is 11.8. The molecule has 4 N–H and O–H groups in total. The van der Waals surface area contributed by atoms with E-state index in [4.69, 9.17) is 10.8 Å². The van der Waals surface area contributed by atoms with Gasteiger partial charge in [0.25, 0.3) is 0 Å². The second-order valence-electron chi connectivity index (χ2n) is 4.65. The minimum Gasteiger partial charge on any atom is -0.508 e. The number of phenolic OH excluding ortho intramolecular Hbond substituents is 1. The van der Waals surface area contributed by atoms with Gasteiger partial charge in [-0.2, -0.15) is 0 Å². The van der Waals surface area contributed by atoms with Crippen LogP contribution >= 0.6 is 12.4 Å². The van der Waals surface area contributed by atoms with Crippen LogP contribution in [0, 0.1) is 5.92 Å². The molecule has 0 aromatic heterocycles. The van der Waals surface area contributed by atoms with Gasteiger partial charge >= 0.3 is 0 Å². The van der Waals surface area contributed by atoms with Crippen LogP contribution in [0.15, 0.2) is 24.3 Å². The second-order valence-corrected chi connectivity index (χ2v) is 4.65. The predicted octanol–water partition coefficient (Wildman–Crippen LogP) is 2.27. The van der Waals surface area contributed by atoms with Crippen molar-refractivity contribution < 1.29 is 9.90 Å². The Kier molecular flexibility index (Phi) is 5.44. The average Bonchev–Trinajstić information content (AvgIpc) is 2.68. The lowest BCUT2D eigenvalue weighted by molar-refractivity contribution is -0.117. The highest BCUT2D eigenvalue weighted by atomic mass is 35.5. The van der Waals surface area contributed by atoms with Crippen LogP contribution in [0.25, 0.3) is 0 Å². The van der Waals surface area contributed by atoms with Gasteiger partial charge in [-0.15, -0.1) is 12.4 Å². The molecule has 1 aliphatic carbocycles. The Morgan fingerprint density at radius 3 is 2.56 bits per heavy atom. The monoisotopic (exact) mass is 270 g/mol. The molecule has 0 heterocycles. The Morgan fingerprint density at radius 2 is 2.00 bits per heavy atom. The fourth-order valence-electron chi connectivity index (χ4n) is 2.31. The van der Waals surface area contributed by atoms with Gasteiger partial charge in [0, 0.05) is 18.2 Å². The molecule has 0 bridgehead atoms. The highest BCUT2D eigenvalue weighted by Crippen LogP contribution is 2.27. The third-order valence-electron chi connectivity index (χ3n) is 3.32. The minimum atomic E-state index is -0.00182. The zero-order valence-corrected chi connectivity index (χ0v) is 11.0. The van der Waals surface area contributed by atoms with Crippen LogP contribution in [-0.2, 0) is 4.79 Å². The van der Waals surface area contributed by atoms with E-state index in [1.165, 1.54) is 0 Å². The third kappa shape index (κ3) is 3.89. The van der Waals surface area contributed by atoms with Crippen molar-refractivity contribution in [1.82, 2.24) is 0 Å². The molecule has 1 aliphatic rings. The van der Waals surface area contributed by atoms with E-state index in [0.29, 0.717) is 18.0 Å². The molecule has 0 spiro atoms. The molecule has 0 unspecified atom stereocenters. The van der Waals surface area contributed by atoms with Crippen molar-refractivity contribution in [1.29, 1.82) is 0 Å². The van der Waals surface area contributed by atoms with Gasteiger partial charge in [-0.05, 0) is 43.0 Å². The number of aromatic hydroxyl groups is 1. The van der Waals surface area contributed by atoms with Crippen molar-refractivity contribution in [2.45, 2.75) is 31.7 Å². The van der Waals surface area contributed by atoms with E-state index < -0.39 is 0 Å². The molecule has 2 atom stereocenters. The van der Waals surface area contributed by atoms with Crippen molar-refractivity contribution in [2.75, 3.05) is 5.32 Å². The Balaban J connectivity index is 0.00000162. The van der Waals surface area contributed by atoms with Gasteiger partial charge in [0.2, 0.25) is 5.91 Å². The van der Waals surface area contributed by atoms with Crippen LogP contribution in [0.5, 0.6) is 5.75 Å². The minimum absolute atomic E-state index is 0. The first kappa shape index (κ1) is 14.8. The number of hydrogen-bond acceptors (Lipinski definition) is 3. The second kappa shape index (κ2) is 6.61. The molecule has 1 fully saturated rings. The van der Waals surface area contributed by atoms with E-state index in [1.54, 1.807) is 24.3 Å². The molecule has 1 amide bonds. The highest BCUT2D eigenvalue weighted by molar-refractivity contribution is 5.90. The van der Waals surface area contributed by atoms with Gasteiger partial charge in [-0.3, -0.25) is 4.79 Å². The molecule has 0 saturated heterocycles. The van der Waals surface area contributed by atoms with Gasteiger partial charge in [0.1, 0.15) is 5.75 Å². The Bertz CT molecular complexity index is 394. The number of phenols is 1. The standard InChI is InChI=1S/C13H18N2O2.ClH/c14-12-3-1-2-9(12)8-13(17)15-10-4-6-11(16)7-5-10;/h4-7,9,12,16H,1-3,8,14H2,(H,15,17);1H/t9-,12+;/m0./s1. The van der Waals surface area contributed by atoms with E-state index in [1.807, 2.05) is 0 Å². The molecule has 1 aromatic carbocycles. The summed E-state index contributed by atoms with van der Waals surface area (Å²) in [7, 11) is 0. The molecule has 100 valence electrons. The number of nitrogens with one attached hydrogen (secondary N) is 1. The van der Waals surface area contributed by atoms with Gasteiger partial charge in [0.05, 0.1) is 0 Å². The number of benzene rings is 1. The number of hydrogen-bond donors (Lipinski definition) is 3. The van der Waals surface area contributed by atoms with Gasteiger partial charge in [0.15, 0.2) is 0 Å². The zero-order chi connectivity index (χ0) is 12.3. The average molecular weight is 271 g/mol. The first-order valence-electron chi connectivity index (χ1n) is 5.99. The number of carbonyl (C=O) groups excluding carboxylic acids is 1. The van der Waals surface area contributed by atoms with Crippen LogP contribution in [0.4, 0.5) is 5.69 Å².